The van der Waals surface area contributed by atoms with E-state index in [-0.39, 0.29) is 17.4 Å². The van der Waals surface area contributed by atoms with Gasteiger partial charge < -0.3 is 9.88 Å². The first-order valence-corrected chi connectivity index (χ1v) is 9.05. The molecule has 0 fully saturated rings. The number of rotatable bonds is 4. The minimum absolute atomic E-state index is 0.0551. The van der Waals surface area contributed by atoms with Gasteiger partial charge in [-0.3, -0.25) is 14.3 Å². The van der Waals surface area contributed by atoms with Crippen LogP contribution in [0.5, 0.6) is 0 Å². The monoisotopic (exact) mass is 363 g/mol. The molecule has 0 aliphatic carbocycles. The van der Waals surface area contributed by atoms with Crippen molar-refractivity contribution in [2.45, 2.75) is 26.4 Å². The zero-order valence-corrected chi connectivity index (χ0v) is 15.1. The molecule has 138 valence electrons. The van der Waals surface area contributed by atoms with Crippen molar-refractivity contribution in [3.8, 4) is 11.4 Å². The molecule has 0 saturated carbocycles. The summed E-state index contributed by atoms with van der Waals surface area (Å²) in [7, 11) is 0. The number of benzene rings is 1. The topological polar surface area (TPSA) is 83.9 Å². The fraction of sp³-hybridized carbons (Fsp3) is 0.300. The first-order chi connectivity index (χ1) is 13.1. The number of hydrogen-bond donors (Lipinski definition) is 1. The van der Waals surface area contributed by atoms with Crippen LogP contribution in [-0.4, -0.2) is 37.1 Å². The van der Waals surface area contributed by atoms with Gasteiger partial charge in [0.25, 0.3) is 5.56 Å². The Balaban J connectivity index is 1.56. The Morgan fingerprint density at radius 1 is 1.26 bits per heavy atom. The van der Waals surface area contributed by atoms with E-state index in [1.165, 1.54) is 0 Å². The molecule has 3 heterocycles. The minimum atomic E-state index is -0.193. The highest BCUT2D eigenvalue weighted by atomic mass is 16.2. The second-order valence-electron chi connectivity index (χ2n) is 6.84. The van der Waals surface area contributed by atoms with Gasteiger partial charge >= 0.3 is 0 Å². The number of aromatic nitrogens is 4. The summed E-state index contributed by atoms with van der Waals surface area (Å²) in [5, 5.41) is 4.16. The predicted octanol–water partition coefficient (Wildman–Crippen LogP) is 1.85. The van der Waals surface area contributed by atoms with Gasteiger partial charge in [0, 0.05) is 30.1 Å². The Kier molecular flexibility index (Phi) is 4.58. The van der Waals surface area contributed by atoms with Crippen LogP contribution in [0, 0.1) is 5.92 Å². The van der Waals surface area contributed by atoms with Gasteiger partial charge in [0.2, 0.25) is 5.91 Å². The fourth-order valence-corrected chi connectivity index (χ4v) is 3.44. The van der Waals surface area contributed by atoms with Crippen LogP contribution in [0.4, 0.5) is 0 Å². The molecule has 7 nitrogen and oxygen atoms in total. The maximum atomic E-state index is 12.8. The Morgan fingerprint density at radius 3 is 2.81 bits per heavy atom. The van der Waals surface area contributed by atoms with E-state index in [1.807, 2.05) is 49.5 Å². The average molecular weight is 363 g/mol. The molecule has 2 aromatic heterocycles. The van der Waals surface area contributed by atoms with E-state index >= 15 is 0 Å². The summed E-state index contributed by atoms with van der Waals surface area (Å²) in [6.45, 7) is 3.33. The van der Waals surface area contributed by atoms with Crippen LogP contribution in [0.1, 0.15) is 18.2 Å². The first-order valence-electron chi connectivity index (χ1n) is 9.05. The molecule has 0 unspecified atom stereocenters. The van der Waals surface area contributed by atoms with Crippen molar-refractivity contribution in [3.63, 3.8) is 0 Å². The molecule has 27 heavy (non-hydrogen) atoms. The molecule has 3 aromatic rings. The molecule has 0 bridgehead atoms. The predicted molar refractivity (Wildman–Crippen MR) is 101 cm³/mol. The summed E-state index contributed by atoms with van der Waals surface area (Å²) in [5.74, 6) is 0.403. The average Bonchev–Trinajstić information content (AvgIpc) is 3.20. The molecule has 1 atom stereocenters. The normalized spacial score (nSPS) is 14.6. The van der Waals surface area contributed by atoms with E-state index in [1.54, 1.807) is 15.8 Å². The Labute approximate surface area is 156 Å². The second-order valence-corrected chi connectivity index (χ2v) is 6.84. The number of amides is 1. The van der Waals surface area contributed by atoms with Crippen LogP contribution < -0.4 is 5.56 Å². The van der Waals surface area contributed by atoms with E-state index in [0.29, 0.717) is 43.1 Å². The summed E-state index contributed by atoms with van der Waals surface area (Å²) in [6.07, 6.45) is 4.07. The van der Waals surface area contributed by atoms with Gasteiger partial charge in [-0.1, -0.05) is 37.3 Å². The zero-order chi connectivity index (χ0) is 18.8. The quantitative estimate of drug-likeness (QED) is 0.767. The van der Waals surface area contributed by atoms with Gasteiger partial charge in [-0.05, 0) is 12.5 Å². The van der Waals surface area contributed by atoms with Gasteiger partial charge in [-0.25, -0.2) is 4.98 Å². The standard InChI is InChI=1S/C20H21N5O2/c1-14(12-25-10-5-9-21-25)20(27)24-11-8-16-17(13-24)22-18(23-19(16)26)15-6-3-2-4-7-15/h2-7,9-10,14H,8,11-13H2,1H3,(H,22,23,26)/t14-/m1/s1. The van der Waals surface area contributed by atoms with E-state index in [2.05, 4.69) is 15.1 Å². The maximum absolute atomic E-state index is 12.8. The van der Waals surface area contributed by atoms with Crippen molar-refractivity contribution in [3.05, 3.63) is 70.4 Å². The minimum Gasteiger partial charge on any atom is -0.336 e. The van der Waals surface area contributed by atoms with Gasteiger partial charge in [-0.2, -0.15) is 5.10 Å². The van der Waals surface area contributed by atoms with Crippen LogP contribution in [0.3, 0.4) is 0 Å². The van der Waals surface area contributed by atoms with Gasteiger partial charge in [0.05, 0.1) is 24.7 Å². The molecule has 0 spiro atoms. The number of hydrogen-bond acceptors (Lipinski definition) is 4. The molecule has 1 N–H and O–H groups in total. The molecule has 1 amide bonds. The number of aromatic amines is 1. The van der Waals surface area contributed by atoms with Crippen molar-refractivity contribution in [1.29, 1.82) is 0 Å². The lowest BCUT2D eigenvalue weighted by Crippen LogP contribution is -2.42. The third kappa shape index (κ3) is 3.53. The maximum Gasteiger partial charge on any atom is 0.254 e. The second kappa shape index (κ2) is 7.19. The highest BCUT2D eigenvalue weighted by Gasteiger charge is 2.27. The van der Waals surface area contributed by atoms with Crippen LogP contribution in [-0.2, 0) is 24.3 Å². The number of carbonyl (C=O) groups is 1. The third-order valence-electron chi connectivity index (χ3n) is 4.87. The van der Waals surface area contributed by atoms with Crippen molar-refractivity contribution >= 4 is 5.91 Å². The lowest BCUT2D eigenvalue weighted by molar-refractivity contribution is -0.136. The third-order valence-corrected chi connectivity index (χ3v) is 4.87. The lowest BCUT2D eigenvalue weighted by Gasteiger charge is -2.30. The summed E-state index contributed by atoms with van der Waals surface area (Å²) in [5.41, 5.74) is 2.10. The Morgan fingerprint density at radius 2 is 2.07 bits per heavy atom. The van der Waals surface area contributed by atoms with Crippen LogP contribution in [0.25, 0.3) is 11.4 Å². The van der Waals surface area contributed by atoms with Crippen molar-refractivity contribution in [2.75, 3.05) is 6.54 Å². The zero-order valence-electron chi connectivity index (χ0n) is 15.1. The number of carbonyl (C=O) groups excluding carboxylic acids is 1. The highest BCUT2D eigenvalue weighted by Crippen LogP contribution is 2.20. The first kappa shape index (κ1) is 17.2. The molecular formula is C20H21N5O2. The highest BCUT2D eigenvalue weighted by molar-refractivity contribution is 5.78. The van der Waals surface area contributed by atoms with Gasteiger partial charge in [0.15, 0.2) is 0 Å². The Bertz CT molecular complexity index is 995. The molecule has 1 aliphatic rings. The van der Waals surface area contributed by atoms with Crippen molar-refractivity contribution < 1.29 is 4.79 Å². The van der Waals surface area contributed by atoms with Crippen molar-refractivity contribution in [1.82, 2.24) is 24.6 Å². The van der Waals surface area contributed by atoms with Crippen LogP contribution >= 0.6 is 0 Å². The fourth-order valence-electron chi connectivity index (χ4n) is 3.44. The van der Waals surface area contributed by atoms with Crippen molar-refractivity contribution in [2.24, 2.45) is 5.92 Å². The molecule has 4 rings (SSSR count). The van der Waals surface area contributed by atoms with E-state index in [9.17, 15) is 9.59 Å². The van der Waals surface area contributed by atoms with E-state index < -0.39 is 0 Å². The SMILES string of the molecule is C[C@H](Cn1cccn1)C(=O)N1CCc2c(nc(-c3ccccc3)[nH]c2=O)C1. The van der Waals surface area contributed by atoms with E-state index in [0.717, 1.165) is 5.56 Å². The summed E-state index contributed by atoms with van der Waals surface area (Å²) >= 11 is 0. The smallest absolute Gasteiger partial charge is 0.254 e. The number of nitrogens with one attached hydrogen (secondary N) is 1. The molecule has 1 aromatic carbocycles. The van der Waals surface area contributed by atoms with Crippen LogP contribution in [0.2, 0.25) is 0 Å². The lowest BCUT2D eigenvalue weighted by atomic mass is 10.0. The summed E-state index contributed by atoms with van der Waals surface area (Å²) in [4.78, 5) is 34.6. The largest absolute Gasteiger partial charge is 0.336 e. The number of fused-ring (bicyclic) bond motifs is 1. The molecule has 1 aliphatic heterocycles. The summed E-state index contributed by atoms with van der Waals surface area (Å²) in [6, 6.07) is 11.4. The molecule has 7 heteroatoms. The van der Waals surface area contributed by atoms with Gasteiger partial charge in [-0.15, -0.1) is 0 Å². The molecule has 0 saturated heterocycles. The number of nitrogens with zero attached hydrogens (tertiary/aromatic N) is 4. The molecule has 0 radical (unpaired) electrons. The number of H-pyrrole nitrogens is 1. The van der Waals surface area contributed by atoms with Crippen LogP contribution in [0.15, 0.2) is 53.6 Å². The summed E-state index contributed by atoms with van der Waals surface area (Å²) < 4.78 is 1.76. The molecular weight excluding hydrogens is 342 g/mol. The Hall–Kier alpha value is -3.22. The van der Waals surface area contributed by atoms with E-state index in [4.69, 9.17) is 0 Å². The van der Waals surface area contributed by atoms with Gasteiger partial charge in [0.1, 0.15) is 5.82 Å².